The molecule has 1 aliphatic rings. The van der Waals surface area contributed by atoms with E-state index < -0.39 is 0 Å². The Hall–Kier alpha value is -1.42. The summed E-state index contributed by atoms with van der Waals surface area (Å²) in [5.41, 5.74) is 0.676. The highest BCUT2D eigenvalue weighted by molar-refractivity contribution is 5.93. The Balaban J connectivity index is 2.11. The van der Waals surface area contributed by atoms with Gasteiger partial charge in [0, 0.05) is 30.9 Å². The predicted molar refractivity (Wildman–Crippen MR) is 73.1 cm³/mol. The summed E-state index contributed by atoms with van der Waals surface area (Å²) in [5.74, 6) is 1.67. The first-order chi connectivity index (χ1) is 8.49. The van der Waals surface area contributed by atoms with Crippen LogP contribution in [0.15, 0.2) is 18.3 Å². The molecule has 2 rings (SSSR count). The third-order valence-corrected chi connectivity index (χ3v) is 3.71. The monoisotopic (exact) mass is 247 g/mol. The second kappa shape index (κ2) is 5.06. The Morgan fingerprint density at radius 2 is 2.11 bits per heavy atom. The summed E-state index contributed by atoms with van der Waals surface area (Å²) in [6, 6.07) is 4.37. The molecular formula is C14H21N3O. The molecule has 0 spiro atoms. The minimum atomic E-state index is 0.0648. The van der Waals surface area contributed by atoms with Crippen molar-refractivity contribution in [1.29, 1.82) is 0 Å². The van der Waals surface area contributed by atoms with Gasteiger partial charge in [-0.05, 0) is 39.1 Å². The molecule has 2 heterocycles. The lowest BCUT2D eigenvalue weighted by Gasteiger charge is -2.22. The number of hydrogen-bond donors (Lipinski definition) is 0. The molecule has 0 aromatic carbocycles. The highest BCUT2D eigenvalue weighted by atomic mass is 16.1. The highest BCUT2D eigenvalue weighted by Gasteiger charge is 2.31. The van der Waals surface area contributed by atoms with Gasteiger partial charge in [0.15, 0.2) is 5.78 Å². The molecule has 4 nitrogen and oxygen atoms in total. The number of aromatic nitrogens is 1. The van der Waals surface area contributed by atoms with Crippen molar-refractivity contribution in [3.63, 3.8) is 0 Å². The topological polar surface area (TPSA) is 36.4 Å². The fraction of sp³-hybridized carbons (Fsp3) is 0.571. The van der Waals surface area contributed by atoms with Gasteiger partial charge < -0.3 is 9.80 Å². The van der Waals surface area contributed by atoms with Crippen LogP contribution in [0.1, 0.15) is 24.2 Å². The van der Waals surface area contributed by atoms with Crippen molar-refractivity contribution in [2.45, 2.75) is 19.9 Å². The zero-order valence-electron chi connectivity index (χ0n) is 11.6. The molecule has 0 aliphatic carbocycles. The maximum atomic E-state index is 11.2. The van der Waals surface area contributed by atoms with Crippen molar-refractivity contribution in [3.05, 3.63) is 23.9 Å². The van der Waals surface area contributed by atoms with Gasteiger partial charge in [0.1, 0.15) is 5.82 Å². The first-order valence-electron chi connectivity index (χ1n) is 6.37. The largest absolute Gasteiger partial charge is 0.355 e. The van der Waals surface area contributed by atoms with Crippen LogP contribution in [0.2, 0.25) is 0 Å². The van der Waals surface area contributed by atoms with Crippen LogP contribution in [-0.4, -0.2) is 48.9 Å². The molecule has 2 atom stereocenters. The number of rotatable bonds is 3. The van der Waals surface area contributed by atoms with Crippen LogP contribution < -0.4 is 4.90 Å². The second-order valence-electron chi connectivity index (χ2n) is 5.37. The minimum absolute atomic E-state index is 0.0648. The lowest BCUT2D eigenvalue weighted by molar-refractivity contribution is 0.101. The van der Waals surface area contributed by atoms with Crippen molar-refractivity contribution in [1.82, 2.24) is 9.88 Å². The van der Waals surface area contributed by atoms with Gasteiger partial charge in [-0.3, -0.25) is 4.79 Å². The predicted octanol–water partition coefficient (Wildman–Crippen LogP) is 1.67. The molecule has 0 radical (unpaired) electrons. The lowest BCUT2D eigenvalue weighted by Crippen LogP contribution is -2.34. The zero-order chi connectivity index (χ0) is 13.3. The molecular weight excluding hydrogens is 226 g/mol. The summed E-state index contributed by atoms with van der Waals surface area (Å²) >= 11 is 0. The molecule has 0 N–H and O–H groups in total. The molecule has 1 aromatic heterocycles. The van der Waals surface area contributed by atoms with Crippen LogP contribution in [0.3, 0.4) is 0 Å². The van der Waals surface area contributed by atoms with Gasteiger partial charge in [-0.25, -0.2) is 4.98 Å². The number of Topliss-reactive ketones (excluding diaryl/α,β-unsaturated/α-hetero) is 1. The number of pyridine rings is 1. The highest BCUT2D eigenvalue weighted by Crippen LogP contribution is 2.24. The number of anilines is 1. The molecule has 18 heavy (non-hydrogen) atoms. The summed E-state index contributed by atoms with van der Waals surface area (Å²) in [5, 5.41) is 0. The van der Waals surface area contributed by atoms with E-state index in [9.17, 15) is 4.79 Å². The van der Waals surface area contributed by atoms with Gasteiger partial charge >= 0.3 is 0 Å². The van der Waals surface area contributed by atoms with E-state index in [2.05, 4.69) is 35.8 Å². The molecule has 0 saturated carbocycles. The van der Waals surface area contributed by atoms with Crippen LogP contribution in [0.4, 0.5) is 5.82 Å². The van der Waals surface area contributed by atoms with Crippen LogP contribution in [0, 0.1) is 5.92 Å². The second-order valence-corrected chi connectivity index (χ2v) is 5.37. The van der Waals surface area contributed by atoms with Crippen molar-refractivity contribution in [2.24, 2.45) is 5.92 Å². The van der Waals surface area contributed by atoms with Crippen LogP contribution >= 0.6 is 0 Å². The molecule has 1 aliphatic heterocycles. The van der Waals surface area contributed by atoms with Gasteiger partial charge in [0.25, 0.3) is 0 Å². The maximum absolute atomic E-state index is 11.2. The average molecular weight is 247 g/mol. The number of carbonyl (C=O) groups is 1. The standard InChI is InChI=1S/C14H21N3O/c1-10-8-17(9-13(10)16(3)4)14-6-5-12(7-15-14)11(2)18/h5-7,10,13H,8-9H2,1-4H3. The molecule has 0 amide bonds. The number of nitrogens with zero attached hydrogens (tertiary/aromatic N) is 3. The van der Waals surface area contributed by atoms with E-state index >= 15 is 0 Å². The van der Waals surface area contributed by atoms with Gasteiger partial charge in [-0.2, -0.15) is 0 Å². The summed E-state index contributed by atoms with van der Waals surface area (Å²) < 4.78 is 0. The van der Waals surface area contributed by atoms with E-state index in [1.165, 1.54) is 0 Å². The SMILES string of the molecule is CC(=O)c1ccc(N2CC(C)C(N(C)C)C2)nc1. The number of likely N-dealkylation sites (N-methyl/N-ethyl adjacent to an activating group) is 1. The van der Waals surface area contributed by atoms with Gasteiger partial charge in [-0.15, -0.1) is 0 Å². The van der Waals surface area contributed by atoms with Crippen molar-refractivity contribution < 1.29 is 4.79 Å². The number of carbonyl (C=O) groups excluding carboxylic acids is 1. The molecule has 1 aromatic rings. The fourth-order valence-electron chi connectivity index (χ4n) is 2.59. The van der Waals surface area contributed by atoms with E-state index in [-0.39, 0.29) is 5.78 Å². The van der Waals surface area contributed by atoms with E-state index in [0.29, 0.717) is 17.5 Å². The lowest BCUT2D eigenvalue weighted by atomic mass is 10.1. The Kier molecular flexibility index (Phi) is 3.66. The van der Waals surface area contributed by atoms with E-state index in [0.717, 1.165) is 18.9 Å². The summed E-state index contributed by atoms with van der Waals surface area (Å²) in [7, 11) is 4.24. The van der Waals surface area contributed by atoms with Crippen LogP contribution in [-0.2, 0) is 0 Å². The molecule has 0 bridgehead atoms. The van der Waals surface area contributed by atoms with Gasteiger partial charge in [-0.1, -0.05) is 6.92 Å². The van der Waals surface area contributed by atoms with Crippen LogP contribution in [0.25, 0.3) is 0 Å². The first-order valence-corrected chi connectivity index (χ1v) is 6.37. The smallest absolute Gasteiger partial charge is 0.161 e. The normalized spacial score (nSPS) is 23.7. The van der Waals surface area contributed by atoms with Crippen LogP contribution in [0.5, 0.6) is 0 Å². The average Bonchev–Trinajstić information content (AvgIpc) is 2.71. The summed E-state index contributed by atoms with van der Waals surface area (Å²) in [6.45, 7) is 5.86. The minimum Gasteiger partial charge on any atom is -0.355 e. The Bertz CT molecular complexity index is 427. The van der Waals surface area contributed by atoms with Crippen molar-refractivity contribution >= 4 is 11.6 Å². The molecule has 98 valence electrons. The zero-order valence-corrected chi connectivity index (χ0v) is 11.6. The third-order valence-electron chi connectivity index (χ3n) is 3.71. The van der Waals surface area contributed by atoms with E-state index in [4.69, 9.17) is 0 Å². The quantitative estimate of drug-likeness (QED) is 0.761. The summed E-state index contributed by atoms with van der Waals surface area (Å²) in [6.07, 6.45) is 1.67. The molecule has 1 fully saturated rings. The fourth-order valence-corrected chi connectivity index (χ4v) is 2.59. The summed E-state index contributed by atoms with van der Waals surface area (Å²) in [4.78, 5) is 20.2. The third kappa shape index (κ3) is 2.53. The van der Waals surface area contributed by atoms with Crippen molar-refractivity contribution in [3.8, 4) is 0 Å². The van der Waals surface area contributed by atoms with E-state index in [1.54, 1.807) is 13.1 Å². The Labute approximate surface area is 109 Å². The van der Waals surface area contributed by atoms with E-state index in [1.807, 2.05) is 12.1 Å². The number of hydrogen-bond acceptors (Lipinski definition) is 4. The van der Waals surface area contributed by atoms with Gasteiger partial charge in [0.05, 0.1) is 0 Å². The maximum Gasteiger partial charge on any atom is 0.161 e. The van der Waals surface area contributed by atoms with Gasteiger partial charge in [0.2, 0.25) is 0 Å². The molecule has 4 heteroatoms. The first kappa shape index (κ1) is 13.0. The Morgan fingerprint density at radius 3 is 2.56 bits per heavy atom. The Morgan fingerprint density at radius 1 is 1.39 bits per heavy atom. The molecule has 1 saturated heterocycles. The number of ketones is 1. The van der Waals surface area contributed by atoms with Crippen molar-refractivity contribution in [2.75, 3.05) is 32.1 Å². The molecule has 2 unspecified atom stereocenters.